The van der Waals surface area contributed by atoms with Crippen LogP contribution in [0.4, 0.5) is 0 Å². The maximum absolute atomic E-state index is 11.9. The number of hydrogen-bond donors (Lipinski definition) is 2. The zero-order valence-corrected chi connectivity index (χ0v) is 11.9. The third-order valence-electron chi connectivity index (χ3n) is 3.46. The van der Waals surface area contributed by atoms with Crippen molar-refractivity contribution >= 4 is 11.9 Å². The molecule has 0 aliphatic heterocycles. The topological polar surface area (TPSA) is 88.5 Å². The summed E-state index contributed by atoms with van der Waals surface area (Å²) in [4.78, 5) is 26.4. The van der Waals surface area contributed by atoms with Crippen molar-refractivity contribution in [3.05, 3.63) is 23.9 Å². The summed E-state index contributed by atoms with van der Waals surface area (Å²) >= 11 is 0. The number of rotatable bonds is 6. The molecule has 0 saturated heterocycles. The summed E-state index contributed by atoms with van der Waals surface area (Å²) in [5.74, 6) is -0.800. The van der Waals surface area contributed by atoms with Crippen molar-refractivity contribution in [2.24, 2.45) is 0 Å². The van der Waals surface area contributed by atoms with Gasteiger partial charge in [-0.3, -0.25) is 9.59 Å². The largest absolute Gasteiger partial charge is 0.481 e. The van der Waals surface area contributed by atoms with E-state index in [1.165, 1.54) is 25.5 Å². The molecular formula is C15H20N2O4. The van der Waals surface area contributed by atoms with Crippen LogP contribution in [0.5, 0.6) is 5.88 Å². The number of aliphatic carboxylic acids is 1. The predicted molar refractivity (Wildman–Crippen MR) is 76.3 cm³/mol. The number of hydrogen-bond acceptors (Lipinski definition) is 4. The molecule has 1 aliphatic carbocycles. The SMILES string of the molecule is O=C(O)CCNC(=O)c1ccnc(OC2CCCCC2)c1. The molecule has 0 spiro atoms. The fourth-order valence-electron chi connectivity index (χ4n) is 2.35. The lowest BCUT2D eigenvalue weighted by molar-refractivity contribution is -0.136. The molecule has 2 N–H and O–H groups in total. The molecule has 0 unspecified atom stereocenters. The number of carbonyl (C=O) groups is 2. The Kier molecular flexibility index (Phi) is 5.54. The first-order valence-corrected chi connectivity index (χ1v) is 7.28. The Bertz CT molecular complexity index is 498. The maximum atomic E-state index is 11.9. The van der Waals surface area contributed by atoms with E-state index in [0.717, 1.165) is 12.8 Å². The standard InChI is InChI=1S/C15H20N2O4/c18-14(19)7-9-17-15(20)11-6-8-16-13(10-11)21-12-4-2-1-3-5-12/h6,8,10,12H,1-5,7,9H2,(H,17,20)(H,18,19). The summed E-state index contributed by atoms with van der Waals surface area (Å²) in [5, 5.41) is 11.1. The van der Waals surface area contributed by atoms with E-state index in [9.17, 15) is 9.59 Å². The third kappa shape index (κ3) is 5.06. The molecule has 0 radical (unpaired) electrons. The van der Waals surface area contributed by atoms with E-state index < -0.39 is 5.97 Å². The molecule has 0 bridgehead atoms. The summed E-state index contributed by atoms with van der Waals surface area (Å²) in [6.07, 6.45) is 7.25. The summed E-state index contributed by atoms with van der Waals surface area (Å²) in [6, 6.07) is 3.19. The van der Waals surface area contributed by atoms with Gasteiger partial charge in [-0.25, -0.2) is 4.98 Å². The van der Waals surface area contributed by atoms with Gasteiger partial charge in [-0.1, -0.05) is 6.42 Å². The second-order valence-corrected chi connectivity index (χ2v) is 5.16. The molecule has 1 amide bonds. The van der Waals surface area contributed by atoms with Crippen molar-refractivity contribution in [3.8, 4) is 5.88 Å². The van der Waals surface area contributed by atoms with Crippen LogP contribution in [0.25, 0.3) is 0 Å². The lowest BCUT2D eigenvalue weighted by Gasteiger charge is -2.22. The average molecular weight is 292 g/mol. The predicted octanol–water partition coefficient (Wildman–Crippen LogP) is 2.00. The van der Waals surface area contributed by atoms with Crippen molar-refractivity contribution in [2.45, 2.75) is 44.6 Å². The van der Waals surface area contributed by atoms with E-state index in [1.54, 1.807) is 12.1 Å². The van der Waals surface area contributed by atoms with Gasteiger partial charge in [0, 0.05) is 24.4 Å². The fraction of sp³-hybridized carbons (Fsp3) is 0.533. The minimum absolute atomic E-state index is 0.0950. The van der Waals surface area contributed by atoms with Gasteiger partial charge in [-0.05, 0) is 31.7 Å². The molecule has 1 saturated carbocycles. The lowest BCUT2D eigenvalue weighted by atomic mass is 9.98. The quantitative estimate of drug-likeness (QED) is 0.837. The second kappa shape index (κ2) is 7.61. The first-order valence-electron chi connectivity index (χ1n) is 7.28. The van der Waals surface area contributed by atoms with Gasteiger partial charge >= 0.3 is 5.97 Å². The van der Waals surface area contributed by atoms with Crippen LogP contribution < -0.4 is 10.1 Å². The minimum atomic E-state index is -0.939. The maximum Gasteiger partial charge on any atom is 0.305 e. The number of aromatic nitrogens is 1. The Morgan fingerprint density at radius 2 is 2.10 bits per heavy atom. The molecule has 1 aromatic heterocycles. The lowest BCUT2D eigenvalue weighted by Crippen LogP contribution is -2.26. The van der Waals surface area contributed by atoms with E-state index in [2.05, 4.69) is 10.3 Å². The monoisotopic (exact) mass is 292 g/mol. The van der Waals surface area contributed by atoms with Crippen LogP contribution >= 0.6 is 0 Å². The smallest absolute Gasteiger partial charge is 0.305 e. The Hall–Kier alpha value is -2.11. The summed E-state index contributed by atoms with van der Waals surface area (Å²) in [7, 11) is 0. The van der Waals surface area contributed by atoms with Gasteiger partial charge < -0.3 is 15.2 Å². The van der Waals surface area contributed by atoms with Crippen LogP contribution in [-0.2, 0) is 4.79 Å². The Labute approximate surface area is 123 Å². The Morgan fingerprint density at radius 3 is 2.81 bits per heavy atom. The number of pyridine rings is 1. The van der Waals surface area contributed by atoms with Crippen LogP contribution in [-0.4, -0.2) is 34.6 Å². The highest BCUT2D eigenvalue weighted by molar-refractivity contribution is 5.94. The first-order chi connectivity index (χ1) is 10.1. The van der Waals surface area contributed by atoms with E-state index in [1.807, 2.05) is 0 Å². The second-order valence-electron chi connectivity index (χ2n) is 5.16. The normalized spacial score (nSPS) is 15.4. The van der Waals surface area contributed by atoms with Gasteiger partial charge in [0.1, 0.15) is 6.10 Å². The molecule has 0 atom stereocenters. The number of amides is 1. The van der Waals surface area contributed by atoms with Crippen LogP contribution in [0.1, 0.15) is 48.9 Å². The fourth-order valence-corrected chi connectivity index (χ4v) is 2.35. The molecule has 1 fully saturated rings. The molecule has 21 heavy (non-hydrogen) atoms. The van der Waals surface area contributed by atoms with Crippen molar-refractivity contribution in [1.82, 2.24) is 10.3 Å². The molecule has 6 heteroatoms. The summed E-state index contributed by atoms with van der Waals surface area (Å²) in [6.45, 7) is 0.106. The molecule has 1 aromatic rings. The summed E-state index contributed by atoms with van der Waals surface area (Å²) in [5.41, 5.74) is 0.432. The highest BCUT2D eigenvalue weighted by Gasteiger charge is 2.16. The highest BCUT2D eigenvalue weighted by Crippen LogP contribution is 2.22. The number of nitrogens with zero attached hydrogens (tertiary/aromatic N) is 1. The molecule has 1 heterocycles. The zero-order chi connectivity index (χ0) is 15.1. The van der Waals surface area contributed by atoms with Crippen molar-refractivity contribution in [2.75, 3.05) is 6.54 Å². The highest BCUT2D eigenvalue weighted by atomic mass is 16.5. The van der Waals surface area contributed by atoms with Crippen molar-refractivity contribution in [3.63, 3.8) is 0 Å². The number of nitrogens with one attached hydrogen (secondary N) is 1. The van der Waals surface area contributed by atoms with Crippen LogP contribution in [0, 0.1) is 0 Å². The van der Waals surface area contributed by atoms with Crippen LogP contribution in [0.15, 0.2) is 18.3 Å². The van der Waals surface area contributed by atoms with Crippen molar-refractivity contribution < 1.29 is 19.4 Å². The minimum Gasteiger partial charge on any atom is -0.481 e. The summed E-state index contributed by atoms with van der Waals surface area (Å²) < 4.78 is 5.80. The van der Waals surface area contributed by atoms with Crippen LogP contribution in [0.2, 0.25) is 0 Å². The van der Waals surface area contributed by atoms with E-state index in [-0.39, 0.29) is 25.0 Å². The number of carboxylic acid groups (broad SMARTS) is 1. The number of carbonyl (C=O) groups excluding carboxylic acids is 1. The average Bonchev–Trinajstić information content (AvgIpc) is 2.48. The molecule has 0 aromatic carbocycles. The molecule has 1 aliphatic rings. The van der Waals surface area contributed by atoms with E-state index in [4.69, 9.17) is 9.84 Å². The molecule has 2 rings (SSSR count). The van der Waals surface area contributed by atoms with E-state index in [0.29, 0.717) is 11.4 Å². The Balaban J connectivity index is 1.90. The van der Waals surface area contributed by atoms with Crippen LogP contribution in [0.3, 0.4) is 0 Å². The third-order valence-corrected chi connectivity index (χ3v) is 3.46. The van der Waals surface area contributed by atoms with E-state index >= 15 is 0 Å². The number of ether oxygens (including phenoxy) is 1. The van der Waals surface area contributed by atoms with Gasteiger partial charge in [0.25, 0.3) is 5.91 Å². The van der Waals surface area contributed by atoms with Gasteiger partial charge in [-0.15, -0.1) is 0 Å². The van der Waals surface area contributed by atoms with Gasteiger partial charge in [0.2, 0.25) is 5.88 Å². The first kappa shape index (κ1) is 15.3. The Morgan fingerprint density at radius 1 is 1.33 bits per heavy atom. The van der Waals surface area contributed by atoms with Crippen molar-refractivity contribution in [1.29, 1.82) is 0 Å². The zero-order valence-electron chi connectivity index (χ0n) is 11.9. The molecule has 114 valence electrons. The van der Waals surface area contributed by atoms with Gasteiger partial charge in [0.15, 0.2) is 0 Å². The molecular weight excluding hydrogens is 272 g/mol. The molecule has 6 nitrogen and oxygen atoms in total. The van der Waals surface area contributed by atoms with Gasteiger partial charge in [-0.2, -0.15) is 0 Å². The van der Waals surface area contributed by atoms with Gasteiger partial charge in [0.05, 0.1) is 6.42 Å². The number of carboxylic acids is 1.